The van der Waals surface area contributed by atoms with Gasteiger partial charge in [0.1, 0.15) is 0 Å². The van der Waals surface area contributed by atoms with Crippen molar-refractivity contribution in [3.05, 3.63) is 35.2 Å². The van der Waals surface area contributed by atoms with Crippen LogP contribution in [-0.4, -0.2) is 23.4 Å². The third-order valence-corrected chi connectivity index (χ3v) is 4.97. The van der Waals surface area contributed by atoms with Gasteiger partial charge >= 0.3 is 0 Å². The number of aliphatic hydroxyl groups excluding tert-OH is 2. The molecule has 1 heterocycles. The molecule has 2 aromatic rings. The predicted octanol–water partition coefficient (Wildman–Crippen LogP) is 3.07. The minimum Gasteiger partial charge on any atom is -0.396 e. The second-order valence-electron chi connectivity index (χ2n) is 5.27. The van der Waals surface area contributed by atoms with Gasteiger partial charge in [0.2, 0.25) is 0 Å². The lowest BCUT2D eigenvalue weighted by Crippen LogP contribution is -2.37. The summed E-state index contributed by atoms with van der Waals surface area (Å²) in [5.74, 6) is 0.242. The van der Waals surface area contributed by atoms with Crippen molar-refractivity contribution in [1.82, 2.24) is 0 Å². The first-order valence-corrected chi connectivity index (χ1v) is 7.18. The molecule has 0 fully saturated rings. The number of fused-ring (bicyclic) bond motifs is 1. The second-order valence-corrected chi connectivity index (χ2v) is 6.18. The molecular weight excluding hydrogens is 244 g/mol. The van der Waals surface area contributed by atoms with Crippen LogP contribution in [0.5, 0.6) is 0 Å². The van der Waals surface area contributed by atoms with E-state index in [2.05, 4.69) is 31.4 Å². The number of hydrogen-bond acceptors (Lipinski definition) is 3. The Balaban J connectivity index is 2.37. The van der Waals surface area contributed by atoms with Crippen LogP contribution in [0.15, 0.2) is 29.6 Å². The van der Waals surface area contributed by atoms with E-state index in [4.69, 9.17) is 0 Å². The maximum absolute atomic E-state index is 9.66. The summed E-state index contributed by atoms with van der Waals surface area (Å²) < 4.78 is 1.26. The topological polar surface area (TPSA) is 40.5 Å². The van der Waals surface area contributed by atoms with Gasteiger partial charge in [0.05, 0.1) is 13.2 Å². The number of hydrogen-bond donors (Lipinski definition) is 2. The lowest BCUT2D eigenvalue weighted by Gasteiger charge is -2.34. The van der Waals surface area contributed by atoms with E-state index in [9.17, 15) is 10.2 Å². The quantitative estimate of drug-likeness (QED) is 0.871. The van der Waals surface area contributed by atoms with E-state index in [-0.39, 0.29) is 19.1 Å². The van der Waals surface area contributed by atoms with Crippen molar-refractivity contribution in [2.75, 3.05) is 13.2 Å². The standard InChI is InChI=1S/C15H20O2S/c1-11(2)15(9-16,10-17)7-12-8-18-14-6-4-3-5-13(12)14/h3-6,8,11,16-17H,7,9-10H2,1-2H3. The van der Waals surface area contributed by atoms with Crippen molar-refractivity contribution < 1.29 is 10.2 Å². The molecule has 0 amide bonds. The number of aliphatic hydroxyl groups is 2. The van der Waals surface area contributed by atoms with Crippen molar-refractivity contribution in [2.24, 2.45) is 11.3 Å². The van der Waals surface area contributed by atoms with E-state index in [0.29, 0.717) is 0 Å². The minimum absolute atomic E-state index is 0.0192. The molecular formula is C15H20O2S. The lowest BCUT2D eigenvalue weighted by molar-refractivity contribution is 0.0166. The number of thiophene rings is 1. The molecule has 0 aliphatic rings. The monoisotopic (exact) mass is 264 g/mol. The molecule has 2 rings (SSSR count). The first-order chi connectivity index (χ1) is 8.63. The van der Waals surface area contributed by atoms with Gasteiger partial charge in [-0.1, -0.05) is 32.0 Å². The Morgan fingerprint density at radius 3 is 2.44 bits per heavy atom. The third kappa shape index (κ3) is 2.30. The zero-order chi connectivity index (χ0) is 13.2. The molecule has 0 bridgehead atoms. The summed E-state index contributed by atoms with van der Waals surface area (Å²) >= 11 is 1.72. The fraction of sp³-hybridized carbons (Fsp3) is 0.467. The van der Waals surface area contributed by atoms with E-state index >= 15 is 0 Å². The molecule has 98 valence electrons. The van der Waals surface area contributed by atoms with Crippen molar-refractivity contribution in [2.45, 2.75) is 20.3 Å². The zero-order valence-electron chi connectivity index (χ0n) is 10.9. The van der Waals surface area contributed by atoms with E-state index in [1.54, 1.807) is 11.3 Å². The third-order valence-electron chi connectivity index (χ3n) is 3.96. The van der Waals surface area contributed by atoms with Crippen LogP contribution in [0.2, 0.25) is 0 Å². The van der Waals surface area contributed by atoms with Crippen molar-refractivity contribution in [3.8, 4) is 0 Å². The average molecular weight is 264 g/mol. The maximum Gasteiger partial charge on any atom is 0.0515 e. The maximum atomic E-state index is 9.66. The van der Waals surface area contributed by atoms with Gasteiger partial charge in [-0.15, -0.1) is 11.3 Å². The van der Waals surface area contributed by atoms with Crippen LogP contribution in [-0.2, 0) is 6.42 Å². The first kappa shape index (κ1) is 13.5. The van der Waals surface area contributed by atoms with E-state index in [1.807, 2.05) is 12.1 Å². The lowest BCUT2D eigenvalue weighted by atomic mass is 9.74. The Morgan fingerprint density at radius 1 is 1.17 bits per heavy atom. The summed E-state index contributed by atoms with van der Waals surface area (Å²) in [5, 5.41) is 22.7. The van der Waals surface area contributed by atoms with Gasteiger partial charge in [-0.05, 0) is 34.7 Å². The second kappa shape index (κ2) is 5.39. The minimum atomic E-state index is -0.427. The summed E-state index contributed by atoms with van der Waals surface area (Å²) in [6.45, 7) is 4.15. The van der Waals surface area contributed by atoms with E-state index in [1.165, 1.54) is 15.6 Å². The molecule has 0 radical (unpaired) electrons. The predicted molar refractivity (Wildman–Crippen MR) is 77.0 cm³/mol. The molecule has 1 aromatic carbocycles. The van der Waals surface area contributed by atoms with Gasteiger partial charge in [-0.25, -0.2) is 0 Å². The van der Waals surface area contributed by atoms with Crippen LogP contribution in [0.3, 0.4) is 0 Å². The molecule has 2 N–H and O–H groups in total. The summed E-state index contributed by atoms with van der Waals surface area (Å²) in [6.07, 6.45) is 0.724. The van der Waals surface area contributed by atoms with Gasteiger partial charge in [-0.2, -0.15) is 0 Å². The number of rotatable bonds is 5. The van der Waals surface area contributed by atoms with Gasteiger partial charge in [0.15, 0.2) is 0 Å². The average Bonchev–Trinajstić information content (AvgIpc) is 2.79. The highest BCUT2D eigenvalue weighted by molar-refractivity contribution is 7.17. The Hall–Kier alpha value is -0.900. The Bertz CT molecular complexity index is 512. The molecule has 18 heavy (non-hydrogen) atoms. The molecule has 0 aliphatic heterocycles. The molecule has 0 unspecified atom stereocenters. The van der Waals surface area contributed by atoms with Gasteiger partial charge in [0.25, 0.3) is 0 Å². The summed E-state index contributed by atoms with van der Waals surface area (Å²) in [6, 6.07) is 8.29. The molecule has 2 nitrogen and oxygen atoms in total. The van der Waals surface area contributed by atoms with Gasteiger partial charge in [0, 0.05) is 10.1 Å². The van der Waals surface area contributed by atoms with Crippen molar-refractivity contribution in [1.29, 1.82) is 0 Å². The van der Waals surface area contributed by atoms with Crippen LogP contribution in [0.1, 0.15) is 19.4 Å². The highest BCUT2D eigenvalue weighted by Gasteiger charge is 2.33. The fourth-order valence-electron chi connectivity index (χ4n) is 2.28. The largest absolute Gasteiger partial charge is 0.396 e. The van der Waals surface area contributed by atoms with E-state index in [0.717, 1.165) is 6.42 Å². The zero-order valence-corrected chi connectivity index (χ0v) is 11.7. The molecule has 3 heteroatoms. The molecule has 0 saturated heterocycles. The highest BCUT2D eigenvalue weighted by atomic mass is 32.1. The summed E-state index contributed by atoms with van der Waals surface area (Å²) in [4.78, 5) is 0. The van der Waals surface area contributed by atoms with Crippen molar-refractivity contribution >= 4 is 21.4 Å². The van der Waals surface area contributed by atoms with Crippen LogP contribution in [0.25, 0.3) is 10.1 Å². The Morgan fingerprint density at radius 2 is 1.83 bits per heavy atom. The summed E-state index contributed by atoms with van der Waals surface area (Å²) in [5.41, 5.74) is 0.802. The summed E-state index contributed by atoms with van der Waals surface area (Å²) in [7, 11) is 0. The smallest absolute Gasteiger partial charge is 0.0515 e. The molecule has 0 saturated carbocycles. The SMILES string of the molecule is CC(C)C(CO)(CO)Cc1csc2ccccc12. The van der Waals surface area contributed by atoms with Crippen LogP contribution in [0, 0.1) is 11.3 Å². The molecule has 0 atom stereocenters. The Kier molecular flexibility index (Phi) is 4.05. The molecule has 0 spiro atoms. The number of benzene rings is 1. The van der Waals surface area contributed by atoms with Gasteiger partial charge < -0.3 is 10.2 Å². The molecule has 1 aromatic heterocycles. The van der Waals surface area contributed by atoms with Crippen LogP contribution in [0.4, 0.5) is 0 Å². The molecule has 0 aliphatic carbocycles. The Labute approximate surface area is 112 Å². The van der Waals surface area contributed by atoms with Crippen LogP contribution < -0.4 is 0 Å². The fourth-order valence-corrected chi connectivity index (χ4v) is 3.24. The van der Waals surface area contributed by atoms with Crippen LogP contribution >= 0.6 is 11.3 Å². The van der Waals surface area contributed by atoms with E-state index < -0.39 is 5.41 Å². The first-order valence-electron chi connectivity index (χ1n) is 6.30. The normalized spacial score (nSPS) is 12.5. The van der Waals surface area contributed by atoms with Gasteiger partial charge in [-0.3, -0.25) is 0 Å². The van der Waals surface area contributed by atoms with Crippen molar-refractivity contribution in [3.63, 3.8) is 0 Å². The highest BCUT2D eigenvalue weighted by Crippen LogP contribution is 2.35.